The number of amides is 1. The Labute approximate surface area is 139 Å². The molecule has 0 aliphatic carbocycles. The minimum atomic E-state index is -5.17. The second kappa shape index (κ2) is 6.07. The number of nitrogens with one attached hydrogen (secondary N) is 1. The van der Waals surface area contributed by atoms with Gasteiger partial charge in [0.05, 0.1) is 4.90 Å². The number of aryl methyl sites for hydroxylation is 1. The Hall–Kier alpha value is -2.54. The van der Waals surface area contributed by atoms with E-state index in [1.54, 1.807) is 0 Å². The number of aromatic nitrogens is 4. The van der Waals surface area contributed by atoms with Crippen molar-refractivity contribution in [3.63, 3.8) is 0 Å². The number of tetrazole rings is 1. The highest BCUT2D eigenvalue weighted by atomic mass is 32.2. The van der Waals surface area contributed by atoms with E-state index in [0.717, 1.165) is 28.9 Å². The van der Waals surface area contributed by atoms with Crippen LogP contribution in [0, 0.1) is 0 Å². The zero-order chi connectivity index (χ0) is 19.0. The van der Waals surface area contributed by atoms with Crippen LogP contribution in [0.15, 0.2) is 34.3 Å². The molecule has 1 unspecified atom stereocenters. The summed E-state index contributed by atoms with van der Waals surface area (Å²) in [6.07, 6.45) is -5.17. The predicted octanol–water partition coefficient (Wildman–Crippen LogP) is 0.295. The molecule has 0 bridgehead atoms. The van der Waals surface area contributed by atoms with Crippen LogP contribution < -0.4 is 5.32 Å². The van der Waals surface area contributed by atoms with E-state index < -0.39 is 32.7 Å². The average Bonchev–Trinajstić information content (AvgIpc) is 2.93. The summed E-state index contributed by atoms with van der Waals surface area (Å²) in [5, 5.41) is 20.7. The van der Waals surface area contributed by atoms with Gasteiger partial charge in [0.15, 0.2) is 0 Å². The van der Waals surface area contributed by atoms with Gasteiger partial charge in [-0.1, -0.05) is 5.10 Å². The van der Waals surface area contributed by atoms with Gasteiger partial charge in [-0.25, -0.2) is 13.1 Å². The molecule has 1 atom stereocenters. The summed E-state index contributed by atoms with van der Waals surface area (Å²) >= 11 is 0. The molecule has 0 saturated heterocycles. The molecule has 0 saturated carbocycles. The molecule has 9 nitrogen and oxygen atoms in total. The number of carbonyl (C=O) groups excluding carboxylic acids is 1. The molecule has 1 heterocycles. The molecule has 0 aliphatic rings. The van der Waals surface area contributed by atoms with Gasteiger partial charge < -0.3 is 10.4 Å². The fourth-order valence-electron chi connectivity index (χ4n) is 1.65. The average molecular weight is 379 g/mol. The van der Waals surface area contributed by atoms with Crippen molar-refractivity contribution in [3.8, 4) is 0 Å². The number of nitrogens with zero attached hydrogens (tertiary/aromatic N) is 4. The van der Waals surface area contributed by atoms with Crippen molar-refractivity contribution >= 4 is 21.4 Å². The Balaban J connectivity index is 2.24. The van der Waals surface area contributed by atoms with Crippen molar-refractivity contribution < 1.29 is 31.5 Å². The lowest BCUT2D eigenvalue weighted by Crippen LogP contribution is -2.52. The molecule has 1 amide bonds. The molecule has 2 rings (SSSR count). The first-order valence-corrected chi connectivity index (χ1v) is 8.04. The standard InChI is InChI=1S/C12H12F3N5O4S/c1-11(22,12(13,14)15)9(21)16-7-3-5-8(6-4-7)25(23,24)10-17-18-19-20(10)2/h3-6,22H,1-2H3,(H,16,21). The molecular weight excluding hydrogens is 367 g/mol. The highest BCUT2D eigenvalue weighted by molar-refractivity contribution is 7.91. The number of anilines is 1. The van der Waals surface area contributed by atoms with Crippen LogP contribution in [0.2, 0.25) is 0 Å². The van der Waals surface area contributed by atoms with Crippen LogP contribution in [0.4, 0.5) is 18.9 Å². The fourth-order valence-corrected chi connectivity index (χ4v) is 2.89. The van der Waals surface area contributed by atoms with Crippen LogP contribution >= 0.6 is 0 Å². The lowest BCUT2D eigenvalue weighted by atomic mass is 10.1. The van der Waals surface area contributed by atoms with Gasteiger partial charge in [-0.2, -0.15) is 13.2 Å². The molecule has 1 aromatic carbocycles. The normalized spacial score (nSPS) is 14.8. The van der Waals surface area contributed by atoms with Crippen molar-refractivity contribution in [2.45, 2.75) is 28.8 Å². The smallest absolute Gasteiger partial charge is 0.373 e. The largest absolute Gasteiger partial charge is 0.426 e. The molecule has 25 heavy (non-hydrogen) atoms. The molecule has 2 N–H and O–H groups in total. The Bertz CT molecular complexity index is 890. The molecule has 0 radical (unpaired) electrons. The summed E-state index contributed by atoms with van der Waals surface area (Å²) in [5.74, 6) is -1.70. The molecule has 0 fully saturated rings. The van der Waals surface area contributed by atoms with Crippen molar-refractivity contribution in [2.75, 3.05) is 5.32 Å². The number of carbonyl (C=O) groups is 1. The van der Waals surface area contributed by atoms with Crippen LogP contribution in [0.1, 0.15) is 6.92 Å². The number of alkyl halides is 3. The molecule has 0 aliphatic heterocycles. The Morgan fingerprint density at radius 1 is 1.24 bits per heavy atom. The highest BCUT2D eigenvalue weighted by Crippen LogP contribution is 2.31. The number of benzene rings is 1. The number of halogens is 3. The number of sulfone groups is 1. The van der Waals surface area contributed by atoms with Crippen molar-refractivity contribution in [1.29, 1.82) is 0 Å². The first-order valence-electron chi connectivity index (χ1n) is 6.55. The minimum Gasteiger partial charge on any atom is -0.373 e. The monoisotopic (exact) mass is 379 g/mol. The highest BCUT2D eigenvalue weighted by Gasteiger charge is 2.55. The van der Waals surface area contributed by atoms with Crippen molar-refractivity contribution in [2.24, 2.45) is 7.05 Å². The Kier molecular flexibility index (Phi) is 4.57. The Morgan fingerprint density at radius 2 is 1.80 bits per heavy atom. The minimum absolute atomic E-state index is 0.135. The van der Waals surface area contributed by atoms with Gasteiger partial charge in [0.2, 0.25) is 15.4 Å². The summed E-state index contributed by atoms with van der Waals surface area (Å²) < 4.78 is 63.3. The van der Waals surface area contributed by atoms with Crippen LogP contribution in [0.3, 0.4) is 0 Å². The van der Waals surface area contributed by atoms with E-state index >= 15 is 0 Å². The van der Waals surface area contributed by atoms with Crippen molar-refractivity contribution in [1.82, 2.24) is 20.2 Å². The lowest BCUT2D eigenvalue weighted by Gasteiger charge is -2.24. The number of rotatable bonds is 4. The molecule has 136 valence electrons. The Morgan fingerprint density at radius 3 is 2.24 bits per heavy atom. The SMILES string of the molecule is Cn1nnnc1S(=O)(=O)c1ccc(NC(=O)C(C)(O)C(F)(F)F)cc1. The third-order valence-corrected chi connectivity index (χ3v) is 4.96. The van der Waals surface area contributed by atoms with E-state index in [0.29, 0.717) is 6.92 Å². The molecular formula is C12H12F3N5O4S. The second-order valence-corrected chi connectivity index (χ2v) is 6.98. The first kappa shape index (κ1) is 18.8. The van der Waals surface area contributed by atoms with E-state index in [4.69, 9.17) is 0 Å². The van der Waals surface area contributed by atoms with Crippen LogP contribution in [0.5, 0.6) is 0 Å². The van der Waals surface area contributed by atoms with Crippen molar-refractivity contribution in [3.05, 3.63) is 24.3 Å². The van der Waals surface area contributed by atoms with Gasteiger partial charge in [0, 0.05) is 12.7 Å². The molecule has 0 spiro atoms. The maximum atomic E-state index is 12.6. The third kappa shape index (κ3) is 3.46. The summed E-state index contributed by atoms with van der Waals surface area (Å²) in [4.78, 5) is 11.3. The topological polar surface area (TPSA) is 127 Å². The van der Waals surface area contributed by atoms with E-state index in [2.05, 4.69) is 15.5 Å². The van der Waals surface area contributed by atoms with Crippen LogP contribution in [0.25, 0.3) is 0 Å². The van der Waals surface area contributed by atoms with Crippen LogP contribution in [-0.2, 0) is 21.7 Å². The maximum absolute atomic E-state index is 12.6. The van der Waals surface area contributed by atoms with Gasteiger partial charge in [-0.15, -0.1) is 0 Å². The predicted molar refractivity (Wildman–Crippen MR) is 76.0 cm³/mol. The summed E-state index contributed by atoms with van der Waals surface area (Å²) in [7, 11) is -2.72. The van der Waals surface area contributed by atoms with E-state index in [-0.39, 0.29) is 10.6 Å². The number of hydrogen-bond acceptors (Lipinski definition) is 7. The zero-order valence-corrected chi connectivity index (χ0v) is 13.6. The van der Waals surface area contributed by atoms with Gasteiger partial charge in [-0.3, -0.25) is 4.79 Å². The second-order valence-electron chi connectivity index (χ2n) is 5.14. The maximum Gasteiger partial charge on any atom is 0.426 e. The van der Waals surface area contributed by atoms with E-state index in [9.17, 15) is 31.5 Å². The number of hydrogen-bond donors (Lipinski definition) is 2. The fraction of sp³-hybridized carbons (Fsp3) is 0.333. The van der Waals surface area contributed by atoms with Gasteiger partial charge >= 0.3 is 6.18 Å². The van der Waals surface area contributed by atoms with Gasteiger partial charge in [0.1, 0.15) is 0 Å². The van der Waals surface area contributed by atoms with Crippen LogP contribution in [-0.4, -0.2) is 51.4 Å². The van der Waals surface area contributed by atoms with E-state index in [1.807, 2.05) is 5.32 Å². The first-order chi connectivity index (χ1) is 11.4. The summed E-state index contributed by atoms with van der Waals surface area (Å²) in [6, 6.07) is 4.26. The molecule has 13 heteroatoms. The lowest BCUT2D eigenvalue weighted by molar-refractivity contribution is -0.242. The summed E-state index contributed by atoms with van der Waals surface area (Å²) in [5.41, 5.74) is -3.73. The van der Waals surface area contributed by atoms with Gasteiger partial charge in [-0.05, 0) is 41.6 Å². The van der Waals surface area contributed by atoms with E-state index in [1.165, 1.54) is 7.05 Å². The third-order valence-electron chi connectivity index (χ3n) is 3.24. The zero-order valence-electron chi connectivity index (χ0n) is 12.8. The molecule has 2 aromatic rings. The number of aliphatic hydroxyl groups is 1. The summed E-state index contributed by atoms with van der Waals surface area (Å²) in [6.45, 7) is 0.308. The van der Waals surface area contributed by atoms with Gasteiger partial charge in [0.25, 0.3) is 11.1 Å². The quantitative estimate of drug-likeness (QED) is 0.782. The molecule has 1 aromatic heterocycles.